The van der Waals surface area contributed by atoms with Gasteiger partial charge in [-0.1, -0.05) is 69.3 Å². The van der Waals surface area contributed by atoms with Crippen LogP contribution in [0.25, 0.3) is 11.4 Å². The van der Waals surface area contributed by atoms with E-state index in [9.17, 15) is 19.2 Å². The van der Waals surface area contributed by atoms with Gasteiger partial charge in [-0.2, -0.15) is 0 Å². The number of hydrogen-bond acceptors (Lipinski definition) is 8. The predicted molar refractivity (Wildman–Crippen MR) is 200 cm³/mol. The van der Waals surface area contributed by atoms with Crippen LogP contribution < -0.4 is 5.32 Å². The van der Waals surface area contributed by atoms with Gasteiger partial charge in [0.25, 0.3) is 23.6 Å². The molecule has 0 radical (unpaired) electrons. The largest absolute Gasteiger partial charge is 0.373 e. The molecule has 268 valence electrons. The number of rotatable bonds is 8. The molecule has 0 aliphatic carbocycles. The van der Waals surface area contributed by atoms with Gasteiger partial charge in [0.2, 0.25) is 0 Å². The lowest BCUT2D eigenvalue weighted by Gasteiger charge is -2.34. The van der Waals surface area contributed by atoms with Crippen LogP contribution >= 0.6 is 0 Å². The van der Waals surface area contributed by atoms with E-state index in [4.69, 9.17) is 9.72 Å². The van der Waals surface area contributed by atoms with Gasteiger partial charge >= 0.3 is 0 Å². The Kier molecular flexibility index (Phi) is 9.68. The number of ether oxygens (including phenoxy) is 1. The molecular formula is C42H40N6O5. The zero-order chi connectivity index (χ0) is 37.3. The van der Waals surface area contributed by atoms with Gasteiger partial charge in [-0.15, -0.1) is 0 Å². The number of aromatic nitrogens is 3. The Bertz CT molecular complexity index is 2180. The molecule has 3 heterocycles. The van der Waals surface area contributed by atoms with Crippen molar-refractivity contribution in [3.63, 3.8) is 0 Å². The van der Waals surface area contributed by atoms with Gasteiger partial charge in [-0.05, 0) is 71.5 Å². The Morgan fingerprint density at radius 3 is 2.17 bits per heavy atom. The zero-order valence-electron chi connectivity index (χ0n) is 30.1. The van der Waals surface area contributed by atoms with Gasteiger partial charge < -0.3 is 15.0 Å². The minimum atomic E-state index is -0.487. The highest BCUT2D eigenvalue weighted by atomic mass is 16.5. The number of carbonyl (C=O) groups is 4. The topological polar surface area (TPSA) is 135 Å². The fourth-order valence-electron chi connectivity index (χ4n) is 6.63. The molecule has 1 aromatic heterocycles. The van der Waals surface area contributed by atoms with Crippen molar-refractivity contribution in [2.24, 2.45) is 0 Å². The van der Waals surface area contributed by atoms with Crippen LogP contribution in [0.5, 0.6) is 0 Å². The fourth-order valence-corrected chi connectivity index (χ4v) is 6.63. The molecule has 1 unspecified atom stereocenters. The SMILES string of the molecule is Cc1c(NC(=O)c2ccc(C(C)(C)C)cc2)cccc1-c1ncnc(Cc2ccc(C(=O)N3CCOC(CN4C(=O)c5ccccc5C4=O)C3)cc2)n1. The van der Waals surface area contributed by atoms with Crippen LogP contribution in [0.15, 0.2) is 97.3 Å². The fraction of sp³-hybridized carbons (Fsp3) is 0.262. The van der Waals surface area contributed by atoms with Crippen molar-refractivity contribution < 1.29 is 23.9 Å². The maximum atomic E-state index is 13.5. The Morgan fingerprint density at radius 1 is 0.830 bits per heavy atom. The third-order valence-electron chi connectivity index (χ3n) is 9.71. The molecule has 53 heavy (non-hydrogen) atoms. The van der Waals surface area contributed by atoms with Gasteiger partial charge in [0.1, 0.15) is 12.2 Å². The first kappa shape index (κ1) is 35.3. The normalized spacial score (nSPS) is 15.7. The van der Waals surface area contributed by atoms with Gasteiger partial charge in [-0.25, -0.2) is 15.0 Å². The van der Waals surface area contributed by atoms with Gasteiger partial charge in [0.15, 0.2) is 5.82 Å². The smallest absolute Gasteiger partial charge is 0.261 e. The van der Waals surface area contributed by atoms with Crippen molar-refractivity contribution in [3.8, 4) is 11.4 Å². The van der Waals surface area contributed by atoms with Crippen molar-refractivity contribution in [2.45, 2.75) is 45.6 Å². The summed E-state index contributed by atoms with van der Waals surface area (Å²) in [5, 5.41) is 3.04. The second-order valence-corrected chi connectivity index (χ2v) is 14.4. The summed E-state index contributed by atoms with van der Waals surface area (Å²) in [7, 11) is 0. The summed E-state index contributed by atoms with van der Waals surface area (Å²) in [4.78, 5) is 68.8. The molecule has 5 aromatic rings. The summed E-state index contributed by atoms with van der Waals surface area (Å²) in [5.74, 6) is 0.0189. The van der Waals surface area contributed by atoms with Crippen LogP contribution in [0.2, 0.25) is 0 Å². The standard InChI is InChI=1S/C42H40N6O5/c1-26-32(10-7-11-35(26)45-38(49)28-16-18-30(19-17-28)42(2,3)4)37-44-25-43-36(46-37)22-27-12-14-29(15-13-27)39(50)47-20-21-53-31(23-47)24-48-40(51)33-8-5-6-9-34(33)41(48)52/h5-19,25,31H,20-24H2,1-4H3,(H,45,49). The Balaban J connectivity index is 0.980. The number of anilines is 1. The average Bonchev–Trinajstić information content (AvgIpc) is 3.40. The first-order valence-corrected chi connectivity index (χ1v) is 17.6. The Labute approximate surface area is 308 Å². The van der Waals surface area contributed by atoms with Crippen molar-refractivity contribution >= 4 is 29.3 Å². The van der Waals surface area contributed by atoms with Crippen LogP contribution in [0, 0.1) is 6.92 Å². The number of carbonyl (C=O) groups excluding carboxylic acids is 4. The molecule has 11 heteroatoms. The van der Waals surface area contributed by atoms with E-state index < -0.39 is 6.10 Å². The third-order valence-corrected chi connectivity index (χ3v) is 9.71. The van der Waals surface area contributed by atoms with E-state index in [0.29, 0.717) is 59.2 Å². The average molecular weight is 709 g/mol. The van der Waals surface area contributed by atoms with E-state index in [2.05, 4.69) is 36.1 Å². The molecule has 4 aromatic carbocycles. The quantitative estimate of drug-likeness (QED) is 0.191. The van der Waals surface area contributed by atoms with Crippen LogP contribution in [0.3, 0.4) is 0 Å². The maximum Gasteiger partial charge on any atom is 0.261 e. The second-order valence-electron chi connectivity index (χ2n) is 14.4. The van der Waals surface area contributed by atoms with Gasteiger partial charge in [-0.3, -0.25) is 24.1 Å². The van der Waals surface area contributed by atoms with Gasteiger partial charge in [0, 0.05) is 41.9 Å². The molecule has 4 amide bonds. The highest BCUT2D eigenvalue weighted by molar-refractivity contribution is 6.21. The first-order chi connectivity index (χ1) is 25.5. The molecule has 7 rings (SSSR count). The first-order valence-electron chi connectivity index (χ1n) is 17.6. The molecule has 2 aliphatic heterocycles. The number of nitrogens with zero attached hydrogens (tertiary/aromatic N) is 5. The number of nitrogens with one attached hydrogen (secondary N) is 1. The summed E-state index contributed by atoms with van der Waals surface area (Å²) in [6.07, 6.45) is 1.41. The highest BCUT2D eigenvalue weighted by Gasteiger charge is 2.38. The summed E-state index contributed by atoms with van der Waals surface area (Å²) in [6, 6.07) is 27.4. The Morgan fingerprint density at radius 2 is 1.49 bits per heavy atom. The second kappa shape index (κ2) is 14.5. The van der Waals surface area contributed by atoms with E-state index in [0.717, 1.165) is 22.3 Å². The van der Waals surface area contributed by atoms with E-state index in [1.54, 1.807) is 41.3 Å². The van der Waals surface area contributed by atoms with Crippen molar-refractivity contribution in [1.82, 2.24) is 24.8 Å². The number of morpholine rings is 1. The Hall–Kier alpha value is -6.07. The van der Waals surface area contributed by atoms with Crippen molar-refractivity contribution in [3.05, 3.63) is 142 Å². The summed E-state index contributed by atoms with van der Waals surface area (Å²) in [5.41, 5.74) is 6.23. The lowest BCUT2D eigenvalue weighted by molar-refractivity contribution is -0.0303. The number of fused-ring (bicyclic) bond motifs is 1. The monoisotopic (exact) mass is 708 g/mol. The van der Waals surface area contributed by atoms with Crippen LogP contribution in [0.4, 0.5) is 5.69 Å². The summed E-state index contributed by atoms with van der Waals surface area (Å²) >= 11 is 0. The van der Waals surface area contributed by atoms with Crippen LogP contribution in [0.1, 0.15) is 84.7 Å². The molecule has 0 spiro atoms. The summed E-state index contributed by atoms with van der Waals surface area (Å²) < 4.78 is 5.86. The molecule has 11 nitrogen and oxygen atoms in total. The minimum absolute atomic E-state index is 0.00231. The molecule has 1 saturated heterocycles. The molecule has 1 atom stereocenters. The van der Waals surface area contributed by atoms with Crippen LogP contribution in [-0.2, 0) is 16.6 Å². The lowest BCUT2D eigenvalue weighted by Crippen LogP contribution is -2.50. The lowest BCUT2D eigenvalue weighted by atomic mass is 9.86. The number of imide groups is 1. The minimum Gasteiger partial charge on any atom is -0.373 e. The van der Waals surface area contributed by atoms with Gasteiger partial charge in [0.05, 0.1) is 30.4 Å². The van der Waals surface area contributed by atoms with Crippen molar-refractivity contribution in [1.29, 1.82) is 0 Å². The molecule has 0 bridgehead atoms. The number of benzene rings is 4. The van der Waals surface area contributed by atoms with E-state index >= 15 is 0 Å². The van der Waals surface area contributed by atoms with E-state index in [1.165, 1.54) is 11.2 Å². The van der Waals surface area contributed by atoms with E-state index in [1.807, 2.05) is 61.5 Å². The highest BCUT2D eigenvalue weighted by Crippen LogP contribution is 2.28. The maximum absolute atomic E-state index is 13.5. The van der Waals surface area contributed by atoms with Crippen LogP contribution in [-0.4, -0.2) is 80.7 Å². The predicted octanol–water partition coefficient (Wildman–Crippen LogP) is 6.12. The van der Waals surface area contributed by atoms with Crippen molar-refractivity contribution in [2.75, 3.05) is 31.6 Å². The zero-order valence-corrected chi connectivity index (χ0v) is 30.1. The molecule has 1 fully saturated rings. The van der Waals surface area contributed by atoms with E-state index in [-0.39, 0.29) is 42.1 Å². The number of hydrogen-bond donors (Lipinski definition) is 1. The molecular weight excluding hydrogens is 668 g/mol. The molecule has 0 saturated carbocycles. The summed E-state index contributed by atoms with van der Waals surface area (Å²) in [6.45, 7) is 9.38. The molecule has 1 N–H and O–H groups in total. The third kappa shape index (κ3) is 7.47. The number of amides is 4. The molecule has 2 aliphatic rings.